The molecule has 2 aromatic rings. The fourth-order valence-corrected chi connectivity index (χ4v) is 2.85. The number of nitrogens with zero attached hydrogens (tertiary/aromatic N) is 1. The predicted octanol–water partition coefficient (Wildman–Crippen LogP) is 3.62. The molecule has 1 atom stereocenters. The summed E-state index contributed by atoms with van der Waals surface area (Å²) in [6.45, 7) is 4.62. The third-order valence-electron chi connectivity index (χ3n) is 2.90. The first-order chi connectivity index (χ1) is 9.11. The molecule has 0 saturated heterocycles. The van der Waals surface area contributed by atoms with Gasteiger partial charge in [-0.2, -0.15) is 0 Å². The molecule has 1 unspecified atom stereocenters. The van der Waals surface area contributed by atoms with Crippen LogP contribution < -0.4 is 5.32 Å². The molecule has 19 heavy (non-hydrogen) atoms. The van der Waals surface area contributed by atoms with E-state index >= 15 is 0 Å². The maximum Gasteiger partial charge on any atom is 0.129 e. The Morgan fingerprint density at radius 3 is 2.53 bits per heavy atom. The predicted molar refractivity (Wildman–Crippen MR) is 73.3 cm³/mol. The van der Waals surface area contributed by atoms with Crippen molar-refractivity contribution in [2.45, 2.75) is 26.3 Å². The van der Waals surface area contributed by atoms with E-state index in [1.165, 1.54) is 18.2 Å². The number of hydrogen-bond acceptors (Lipinski definition) is 3. The molecule has 1 aromatic carbocycles. The van der Waals surface area contributed by atoms with Gasteiger partial charge in [0.25, 0.3) is 0 Å². The van der Waals surface area contributed by atoms with Gasteiger partial charge < -0.3 is 5.32 Å². The number of likely N-dealkylation sites (N-methyl/N-ethyl adjacent to an activating group) is 1. The second-order valence-electron chi connectivity index (χ2n) is 4.30. The summed E-state index contributed by atoms with van der Waals surface area (Å²) in [4.78, 5) is 5.20. The van der Waals surface area contributed by atoms with E-state index in [-0.39, 0.29) is 18.0 Å². The van der Waals surface area contributed by atoms with Gasteiger partial charge in [0.15, 0.2) is 0 Å². The van der Waals surface area contributed by atoms with E-state index in [9.17, 15) is 8.78 Å². The van der Waals surface area contributed by atoms with Gasteiger partial charge in [-0.1, -0.05) is 13.0 Å². The van der Waals surface area contributed by atoms with E-state index in [4.69, 9.17) is 0 Å². The van der Waals surface area contributed by atoms with E-state index in [0.717, 1.165) is 16.4 Å². The Hall–Kier alpha value is -1.33. The van der Waals surface area contributed by atoms with E-state index in [1.54, 1.807) is 17.5 Å². The van der Waals surface area contributed by atoms with Crippen LogP contribution in [-0.4, -0.2) is 11.5 Å². The number of thiazole rings is 1. The molecule has 5 heteroatoms. The van der Waals surface area contributed by atoms with E-state index in [1.807, 2.05) is 13.8 Å². The smallest absolute Gasteiger partial charge is 0.129 e. The molecule has 2 nitrogen and oxygen atoms in total. The molecule has 1 heterocycles. The van der Waals surface area contributed by atoms with Gasteiger partial charge in [0.05, 0.1) is 5.01 Å². The average molecular weight is 282 g/mol. The van der Waals surface area contributed by atoms with E-state index in [0.29, 0.717) is 0 Å². The highest BCUT2D eigenvalue weighted by molar-refractivity contribution is 7.11. The molecule has 0 spiro atoms. The summed E-state index contributed by atoms with van der Waals surface area (Å²) in [5.74, 6) is -0.992. The van der Waals surface area contributed by atoms with Gasteiger partial charge in [0.2, 0.25) is 0 Å². The van der Waals surface area contributed by atoms with Gasteiger partial charge in [0.1, 0.15) is 11.6 Å². The van der Waals surface area contributed by atoms with Gasteiger partial charge in [0, 0.05) is 22.7 Å². The standard InChI is InChI=1S/C14H16F2N2S/c1-3-17-13(14-8-18-9(2)19-14)7-10-11(15)5-4-6-12(10)16/h4-6,8,13,17H,3,7H2,1-2H3. The van der Waals surface area contributed by atoms with Crippen molar-refractivity contribution >= 4 is 11.3 Å². The molecule has 2 rings (SSSR count). The van der Waals surface area contributed by atoms with Crippen LogP contribution in [0.2, 0.25) is 0 Å². The van der Waals surface area contributed by atoms with Crippen molar-refractivity contribution in [3.8, 4) is 0 Å². The van der Waals surface area contributed by atoms with Crippen LogP contribution in [0.4, 0.5) is 8.78 Å². The number of nitrogens with one attached hydrogen (secondary N) is 1. The lowest BCUT2D eigenvalue weighted by atomic mass is 10.0. The van der Waals surface area contributed by atoms with E-state index in [2.05, 4.69) is 10.3 Å². The fourth-order valence-electron chi connectivity index (χ4n) is 1.99. The lowest BCUT2D eigenvalue weighted by Gasteiger charge is -2.16. The van der Waals surface area contributed by atoms with Crippen LogP contribution in [0.15, 0.2) is 24.4 Å². The summed E-state index contributed by atoms with van der Waals surface area (Å²) in [7, 11) is 0. The molecule has 0 amide bonds. The molecule has 0 fully saturated rings. The van der Waals surface area contributed by atoms with Crippen LogP contribution >= 0.6 is 11.3 Å². The van der Waals surface area contributed by atoms with E-state index < -0.39 is 11.6 Å². The molecule has 1 N–H and O–H groups in total. The Balaban J connectivity index is 2.26. The summed E-state index contributed by atoms with van der Waals surface area (Å²) in [6.07, 6.45) is 2.06. The average Bonchev–Trinajstić information content (AvgIpc) is 2.79. The first-order valence-electron chi connectivity index (χ1n) is 6.20. The quantitative estimate of drug-likeness (QED) is 0.906. The number of hydrogen-bond donors (Lipinski definition) is 1. The number of rotatable bonds is 5. The third kappa shape index (κ3) is 3.36. The van der Waals surface area contributed by atoms with Crippen LogP contribution in [0.25, 0.3) is 0 Å². The maximum atomic E-state index is 13.7. The molecule has 0 saturated carbocycles. The SMILES string of the molecule is CCNC(Cc1c(F)cccc1F)c1cnc(C)s1. The topological polar surface area (TPSA) is 24.9 Å². The van der Waals surface area contributed by atoms with Crippen LogP contribution in [0, 0.1) is 18.6 Å². The zero-order chi connectivity index (χ0) is 13.8. The molecule has 0 aliphatic rings. The minimum atomic E-state index is -0.496. The largest absolute Gasteiger partial charge is 0.309 e. The van der Waals surface area contributed by atoms with Crippen molar-refractivity contribution in [1.29, 1.82) is 0 Å². The van der Waals surface area contributed by atoms with Crippen molar-refractivity contribution in [3.05, 3.63) is 51.5 Å². The zero-order valence-electron chi connectivity index (χ0n) is 10.9. The Morgan fingerprint density at radius 1 is 1.32 bits per heavy atom. The van der Waals surface area contributed by atoms with Gasteiger partial charge in [-0.15, -0.1) is 11.3 Å². The first-order valence-corrected chi connectivity index (χ1v) is 7.02. The summed E-state index contributed by atoms with van der Waals surface area (Å²) in [5.41, 5.74) is 0.125. The minimum absolute atomic E-state index is 0.109. The van der Waals surface area contributed by atoms with Crippen molar-refractivity contribution < 1.29 is 8.78 Å². The van der Waals surface area contributed by atoms with Crippen LogP contribution in [-0.2, 0) is 6.42 Å². The van der Waals surface area contributed by atoms with Crippen molar-refractivity contribution in [2.24, 2.45) is 0 Å². The highest BCUT2D eigenvalue weighted by atomic mass is 32.1. The lowest BCUT2D eigenvalue weighted by molar-refractivity contribution is 0.503. The van der Waals surface area contributed by atoms with Gasteiger partial charge in [-0.3, -0.25) is 0 Å². The van der Waals surface area contributed by atoms with Gasteiger partial charge >= 0.3 is 0 Å². The molecule has 1 aromatic heterocycles. The first kappa shape index (κ1) is 14.1. The molecule has 0 aliphatic heterocycles. The Morgan fingerprint density at radius 2 is 2.00 bits per heavy atom. The monoisotopic (exact) mass is 282 g/mol. The zero-order valence-corrected chi connectivity index (χ0v) is 11.7. The molecular weight excluding hydrogens is 266 g/mol. The Kier molecular flexibility index (Phi) is 4.61. The minimum Gasteiger partial charge on any atom is -0.309 e. The highest BCUT2D eigenvalue weighted by Gasteiger charge is 2.18. The summed E-state index contributed by atoms with van der Waals surface area (Å²) < 4.78 is 27.4. The highest BCUT2D eigenvalue weighted by Crippen LogP contribution is 2.26. The number of halogens is 2. The van der Waals surface area contributed by atoms with Crippen molar-refractivity contribution in [3.63, 3.8) is 0 Å². The number of aromatic nitrogens is 1. The second-order valence-corrected chi connectivity index (χ2v) is 5.56. The van der Waals surface area contributed by atoms with Crippen LogP contribution in [0.1, 0.15) is 28.4 Å². The molecule has 102 valence electrons. The van der Waals surface area contributed by atoms with Crippen molar-refractivity contribution in [2.75, 3.05) is 6.54 Å². The van der Waals surface area contributed by atoms with Crippen LogP contribution in [0.5, 0.6) is 0 Å². The lowest BCUT2D eigenvalue weighted by Crippen LogP contribution is -2.23. The third-order valence-corrected chi connectivity index (χ3v) is 3.93. The van der Waals surface area contributed by atoms with Crippen molar-refractivity contribution in [1.82, 2.24) is 10.3 Å². The normalized spacial score (nSPS) is 12.6. The van der Waals surface area contributed by atoms with Gasteiger partial charge in [-0.05, 0) is 32.0 Å². The number of aryl methyl sites for hydroxylation is 1. The second kappa shape index (κ2) is 6.21. The molecular formula is C14H16F2N2S. The van der Waals surface area contributed by atoms with Crippen LogP contribution in [0.3, 0.4) is 0 Å². The summed E-state index contributed by atoms with van der Waals surface area (Å²) in [6, 6.07) is 3.86. The number of benzene rings is 1. The Labute approximate surface area is 115 Å². The summed E-state index contributed by atoms with van der Waals surface area (Å²) in [5, 5.41) is 4.20. The van der Waals surface area contributed by atoms with Gasteiger partial charge in [-0.25, -0.2) is 13.8 Å². The molecule has 0 aliphatic carbocycles. The maximum absolute atomic E-state index is 13.7. The fraction of sp³-hybridized carbons (Fsp3) is 0.357. The molecule has 0 radical (unpaired) electrons. The summed E-state index contributed by atoms with van der Waals surface area (Å²) >= 11 is 1.55. The Bertz CT molecular complexity index is 534. The molecule has 0 bridgehead atoms.